The van der Waals surface area contributed by atoms with E-state index in [1.165, 1.54) is 16.5 Å². The topological polar surface area (TPSA) is 172 Å². The number of halogens is 2. The third-order valence-corrected chi connectivity index (χ3v) is 12.5. The second-order valence-electron chi connectivity index (χ2n) is 16.5. The molecule has 4 aromatic heterocycles. The van der Waals surface area contributed by atoms with Crippen LogP contribution >= 0.6 is 31.9 Å². The van der Waals surface area contributed by atoms with E-state index >= 15 is 0 Å². The van der Waals surface area contributed by atoms with E-state index in [1.807, 2.05) is 73.4 Å². The van der Waals surface area contributed by atoms with Crippen molar-refractivity contribution in [2.75, 3.05) is 49.1 Å². The van der Waals surface area contributed by atoms with Gasteiger partial charge < -0.3 is 34.1 Å². The minimum absolute atomic E-state index is 0.0383. The number of rotatable bonds is 4. The van der Waals surface area contributed by atoms with Crippen molar-refractivity contribution in [2.24, 2.45) is 0 Å². The highest BCUT2D eigenvalue weighted by Gasteiger charge is 2.34. The summed E-state index contributed by atoms with van der Waals surface area (Å²) in [6, 6.07) is 6.62. The Morgan fingerprint density at radius 2 is 1.24 bits per heavy atom. The number of aromatic nitrogens is 6. The van der Waals surface area contributed by atoms with Crippen LogP contribution in [-0.4, -0.2) is 122 Å². The Kier molecular flexibility index (Phi) is 12.4. The van der Waals surface area contributed by atoms with Crippen LogP contribution in [0.4, 0.5) is 21.2 Å². The van der Waals surface area contributed by atoms with Gasteiger partial charge in [0.05, 0.1) is 15.7 Å². The summed E-state index contributed by atoms with van der Waals surface area (Å²) in [5.41, 5.74) is 1.02. The number of anilines is 2. The SMILES string of the molecule is C[C@@H]1CN(c2ncnc3[nH]cc(Br)c23)CCN1C(=O)OC(C)(C)C.Cc1ccc(S(=O)(=O)n2cc(Br)c3c(N4CCN(C(=O)OC(C)(C)C)[C@H](C)C4)ncnc32)cc1. The quantitative estimate of drug-likeness (QED) is 0.190. The second kappa shape index (κ2) is 16.6. The third kappa shape index (κ3) is 9.36. The number of carbonyl (C=O) groups is 2. The number of amides is 2. The maximum atomic E-state index is 13.4. The highest BCUT2D eigenvalue weighted by Crippen LogP contribution is 2.35. The molecule has 5 aromatic rings. The largest absolute Gasteiger partial charge is 0.444 e. The summed E-state index contributed by atoms with van der Waals surface area (Å²) in [6.07, 6.45) is 5.71. The molecule has 58 heavy (non-hydrogen) atoms. The Morgan fingerprint density at radius 3 is 1.74 bits per heavy atom. The molecule has 7 rings (SSSR count). The van der Waals surface area contributed by atoms with E-state index in [9.17, 15) is 18.0 Å². The first-order valence-corrected chi connectivity index (χ1v) is 22.0. The molecule has 2 aliphatic heterocycles. The molecule has 19 heteroatoms. The van der Waals surface area contributed by atoms with E-state index in [2.05, 4.69) is 61.7 Å². The zero-order chi connectivity index (χ0) is 42.3. The predicted octanol–water partition coefficient (Wildman–Crippen LogP) is 7.35. The average Bonchev–Trinajstić information content (AvgIpc) is 3.70. The first kappa shape index (κ1) is 43.1. The van der Waals surface area contributed by atoms with E-state index in [-0.39, 0.29) is 29.2 Å². The molecule has 1 aromatic carbocycles. The van der Waals surface area contributed by atoms with Gasteiger partial charge in [0.1, 0.15) is 41.1 Å². The van der Waals surface area contributed by atoms with Gasteiger partial charge in [-0.2, -0.15) is 0 Å². The average molecular weight is 947 g/mol. The molecular formula is C39H50Br2N10O6S. The summed E-state index contributed by atoms with van der Waals surface area (Å²) >= 11 is 7.06. The van der Waals surface area contributed by atoms with E-state index < -0.39 is 21.2 Å². The highest BCUT2D eigenvalue weighted by atomic mass is 79.9. The molecule has 0 radical (unpaired) electrons. The number of piperazine rings is 2. The lowest BCUT2D eigenvalue weighted by molar-refractivity contribution is 0.0147. The Balaban J connectivity index is 0.000000208. The van der Waals surface area contributed by atoms with Gasteiger partial charge in [-0.05, 0) is 106 Å². The number of H-pyrrole nitrogens is 1. The van der Waals surface area contributed by atoms with Crippen molar-refractivity contribution in [3.63, 3.8) is 0 Å². The Bertz CT molecular complexity index is 2410. The van der Waals surface area contributed by atoms with Crippen molar-refractivity contribution < 1.29 is 27.5 Å². The van der Waals surface area contributed by atoms with E-state index in [4.69, 9.17) is 9.47 Å². The van der Waals surface area contributed by atoms with E-state index in [0.29, 0.717) is 60.6 Å². The van der Waals surface area contributed by atoms with Gasteiger partial charge in [0.15, 0.2) is 5.65 Å². The number of benzene rings is 1. The summed E-state index contributed by atoms with van der Waals surface area (Å²) in [6.45, 7) is 20.6. The molecule has 6 heterocycles. The summed E-state index contributed by atoms with van der Waals surface area (Å²) in [5, 5.41) is 1.58. The number of hydrogen-bond donors (Lipinski definition) is 1. The van der Waals surface area contributed by atoms with Gasteiger partial charge in [-0.25, -0.2) is 41.9 Å². The van der Waals surface area contributed by atoms with Crippen LogP contribution in [0, 0.1) is 6.92 Å². The molecule has 2 aliphatic rings. The highest BCUT2D eigenvalue weighted by molar-refractivity contribution is 9.11. The normalized spacial score (nSPS) is 18.0. The smallest absolute Gasteiger partial charge is 0.410 e. The molecule has 2 saturated heterocycles. The number of carbonyl (C=O) groups excluding carboxylic acids is 2. The summed E-state index contributed by atoms with van der Waals surface area (Å²) in [7, 11) is -3.85. The van der Waals surface area contributed by atoms with Gasteiger partial charge in [-0.1, -0.05) is 17.7 Å². The maximum Gasteiger partial charge on any atom is 0.410 e. The molecular weight excluding hydrogens is 896 g/mol. The first-order chi connectivity index (χ1) is 27.1. The molecule has 1 N–H and O–H groups in total. The van der Waals surface area contributed by atoms with Crippen molar-refractivity contribution in [1.82, 2.24) is 38.7 Å². The van der Waals surface area contributed by atoms with Crippen molar-refractivity contribution in [3.8, 4) is 0 Å². The second-order valence-corrected chi connectivity index (χ2v) is 20.0. The van der Waals surface area contributed by atoms with Crippen molar-refractivity contribution in [3.05, 3.63) is 63.8 Å². The molecule has 312 valence electrons. The fraction of sp³-hybridized carbons (Fsp3) is 0.487. The molecule has 0 unspecified atom stereocenters. The number of nitrogens with one attached hydrogen (secondary N) is 1. The Labute approximate surface area is 355 Å². The number of nitrogens with zero attached hydrogens (tertiary/aromatic N) is 9. The predicted molar refractivity (Wildman–Crippen MR) is 230 cm³/mol. The number of aryl methyl sites for hydroxylation is 1. The van der Waals surface area contributed by atoms with Gasteiger partial charge in [0.2, 0.25) is 0 Å². The van der Waals surface area contributed by atoms with E-state index in [0.717, 1.165) is 26.9 Å². The molecule has 2 amide bonds. The van der Waals surface area contributed by atoms with E-state index in [1.54, 1.807) is 40.4 Å². The van der Waals surface area contributed by atoms with Gasteiger partial charge in [0, 0.05) is 72.7 Å². The zero-order valence-electron chi connectivity index (χ0n) is 34.2. The van der Waals surface area contributed by atoms with Crippen LogP contribution < -0.4 is 9.80 Å². The molecule has 0 spiro atoms. The molecule has 0 saturated carbocycles. The molecule has 16 nitrogen and oxygen atoms in total. The van der Waals surface area contributed by atoms with Gasteiger partial charge in [-0.15, -0.1) is 0 Å². The van der Waals surface area contributed by atoms with Crippen LogP contribution in [0.2, 0.25) is 0 Å². The van der Waals surface area contributed by atoms with Gasteiger partial charge in [-0.3, -0.25) is 0 Å². The fourth-order valence-electron chi connectivity index (χ4n) is 6.86. The Morgan fingerprint density at radius 1 is 0.741 bits per heavy atom. The third-order valence-electron chi connectivity index (χ3n) is 9.57. The first-order valence-electron chi connectivity index (χ1n) is 18.9. The minimum Gasteiger partial charge on any atom is -0.444 e. The molecule has 2 atom stereocenters. The number of aromatic amines is 1. The van der Waals surface area contributed by atoms with Crippen LogP contribution in [0.1, 0.15) is 61.0 Å². The standard InChI is InChI=1S/C23H28BrN5O4S.C16H22BrN5O2/c1-15-6-8-17(9-7-15)34(31,32)29-13-18(24)19-20(25-14-26-21(19)29)27-10-11-28(16(2)12-27)22(30)33-23(3,4)5;1-10-8-21(5-6-22(10)15(23)24-16(2,3)4)14-12-11(17)7-18-13(12)19-9-20-14/h6-9,13-14,16H,10-12H2,1-5H3;7,9-10H,5-6,8H2,1-4H3,(H,18,19,20)/t16-;10-/m11/s1. The zero-order valence-corrected chi connectivity index (χ0v) is 38.1. The number of hydrogen-bond acceptors (Lipinski definition) is 12. The maximum absolute atomic E-state index is 13.4. The van der Waals surface area contributed by atoms with Crippen LogP contribution in [-0.2, 0) is 19.5 Å². The van der Waals surface area contributed by atoms with Crippen LogP contribution in [0.5, 0.6) is 0 Å². The summed E-state index contributed by atoms with van der Waals surface area (Å²) < 4.78 is 40.4. The number of fused-ring (bicyclic) bond motifs is 2. The van der Waals surface area contributed by atoms with Crippen LogP contribution in [0.25, 0.3) is 22.1 Å². The summed E-state index contributed by atoms with van der Waals surface area (Å²) in [5.74, 6) is 1.49. The van der Waals surface area contributed by atoms with Crippen molar-refractivity contribution in [2.45, 2.75) is 90.5 Å². The van der Waals surface area contributed by atoms with Crippen molar-refractivity contribution >= 4 is 87.8 Å². The Hall–Kier alpha value is -4.49. The molecule has 2 fully saturated rings. The monoisotopic (exact) mass is 944 g/mol. The minimum atomic E-state index is -3.85. The molecule has 0 bridgehead atoms. The van der Waals surface area contributed by atoms with Crippen LogP contribution in [0.3, 0.4) is 0 Å². The fourth-order valence-corrected chi connectivity index (χ4v) is 9.35. The number of ether oxygens (including phenoxy) is 2. The lowest BCUT2D eigenvalue weighted by Gasteiger charge is -2.40. The lowest BCUT2D eigenvalue weighted by Crippen LogP contribution is -2.55. The lowest BCUT2D eigenvalue weighted by atomic mass is 10.2. The van der Waals surface area contributed by atoms with Gasteiger partial charge >= 0.3 is 12.2 Å². The van der Waals surface area contributed by atoms with Crippen molar-refractivity contribution in [1.29, 1.82) is 0 Å². The van der Waals surface area contributed by atoms with Gasteiger partial charge in [0.25, 0.3) is 10.0 Å². The van der Waals surface area contributed by atoms with Crippen LogP contribution in [0.15, 0.2) is 63.2 Å². The molecule has 0 aliphatic carbocycles. The summed E-state index contributed by atoms with van der Waals surface area (Å²) in [4.78, 5) is 53.4.